The first-order valence-corrected chi connectivity index (χ1v) is 8.90. The van der Waals surface area contributed by atoms with Crippen LogP contribution >= 0.6 is 0 Å². The molecule has 2 aromatic rings. The van der Waals surface area contributed by atoms with Gasteiger partial charge in [0.15, 0.2) is 11.6 Å². The first kappa shape index (κ1) is 26.0. The second-order valence-corrected chi connectivity index (χ2v) is 6.89. The highest BCUT2D eigenvalue weighted by Gasteiger charge is 2.26. The Hall–Kier alpha value is -4.02. The zero-order chi connectivity index (χ0) is 24.5. The van der Waals surface area contributed by atoms with Gasteiger partial charge in [0.25, 0.3) is 6.47 Å². The molecule has 0 saturated heterocycles. The molecule has 11 heteroatoms. The molecule has 1 amide bonds. The third-order valence-electron chi connectivity index (χ3n) is 3.43. The molecular formula is C21H21F2NO8. The number of ether oxygens (including phenoxy) is 3. The Morgan fingerprint density at radius 1 is 1.00 bits per heavy atom. The van der Waals surface area contributed by atoms with E-state index in [1.165, 1.54) is 18.2 Å². The van der Waals surface area contributed by atoms with E-state index in [1.54, 1.807) is 20.8 Å². The lowest BCUT2D eigenvalue weighted by molar-refractivity contribution is -0.122. The minimum absolute atomic E-state index is 0.250. The summed E-state index contributed by atoms with van der Waals surface area (Å²) in [6.07, 6.45) is -1.05. The summed E-state index contributed by atoms with van der Waals surface area (Å²) >= 11 is 0. The van der Waals surface area contributed by atoms with Crippen LogP contribution < -0.4 is 10.1 Å². The van der Waals surface area contributed by atoms with Crippen LogP contribution in [0.3, 0.4) is 0 Å². The smallest absolute Gasteiger partial charge is 0.412 e. The molecule has 0 fully saturated rings. The molecule has 0 radical (unpaired) electrons. The maximum Gasteiger partial charge on any atom is 0.412 e. The maximum atomic E-state index is 14.9. The lowest BCUT2D eigenvalue weighted by Gasteiger charge is -2.21. The number of carbonyl (C=O) groups is 4. The standard InChI is InChI=1S/C20H19F2NO6.CH2O2/c1-20(2,3)29-19(26)23-16-14(10-9-12(15(16)22)17(24)27-4)28-18(25)11-7-5-6-8-13(11)21;2-1-3/h5-10H,1-4H3,(H,23,26);1H,(H,2,3). The molecule has 0 aliphatic heterocycles. The van der Waals surface area contributed by atoms with Gasteiger partial charge in [-0.1, -0.05) is 12.1 Å². The van der Waals surface area contributed by atoms with Crippen molar-refractivity contribution in [1.82, 2.24) is 0 Å². The number of anilines is 1. The molecule has 0 saturated carbocycles. The van der Waals surface area contributed by atoms with E-state index in [9.17, 15) is 23.2 Å². The average molecular weight is 453 g/mol. The molecule has 0 spiro atoms. The number of benzene rings is 2. The molecule has 9 nitrogen and oxygen atoms in total. The largest absolute Gasteiger partial charge is 0.483 e. The van der Waals surface area contributed by atoms with E-state index in [1.807, 2.05) is 0 Å². The molecule has 0 aliphatic carbocycles. The van der Waals surface area contributed by atoms with E-state index >= 15 is 0 Å². The zero-order valence-corrected chi connectivity index (χ0v) is 17.6. The quantitative estimate of drug-likeness (QED) is 0.404. The number of hydrogen-bond acceptors (Lipinski definition) is 7. The molecule has 0 heterocycles. The molecule has 0 atom stereocenters. The summed E-state index contributed by atoms with van der Waals surface area (Å²) in [5, 5.41) is 9.00. The Kier molecular flexibility index (Phi) is 9.26. The molecule has 172 valence electrons. The molecule has 2 aromatic carbocycles. The number of hydrogen-bond donors (Lipinski definition) is 2. The SMILES string of the molecule is COC(=O)c1ccc(OC(=O)c2ccccc2F)c(NC(=O)OC(C)(C)C)c1F.O=CO. The summed E-state index contributed by atoms with van der Waals surface area (Å²) in [6, 6.07) is 7.11. The molecule has 0 unspecified atom stereocenters. The minimum Gasteiger partial charge on any atom is -0.483 e. The van der Waals surface area contributed by atoms with Crippen molar-refractivity contribution in [3.8, 4) is 5.75 Å². The van der Waals surface area contributed by atoms with E-state index in [2.05, 4.69) is 10.1 Å². The van der Waals surface area contributed by atoms with Crippen molar-refractivity contribution in [1.29, 1.82) is 0 Å². The topological polar surface area (TPSA) is 128 Å². The maximum absolute atomic E-state index is 14.9. The second kappa shape index (κ2) is 11.4. The summed E-state index contributed by atoms with van der Waals surface area (Å²) in [4.78, 5) is 44.4. The van der Waals surface area contributed by atoms with Gasteiger partial charge in [-0.2, -0.15) is 0 Å². The number of carboxylic acid groups (broad SMARTS) is 1. The Morgan fingerprint density at radius 3 is 2.12 bits per heavy atom. The summed E-state index contributed by atoms with van der Waals surface area (Å²) < 4.78 is 43.3. The summed E-state index contributed by atoms with van der Waals surface area (Å²) in [5.41, 5.74) is -2.44. The number of esters is 2. The normalized spacial score (nSPS) is 10.2. The monoisotopic (exact) mass is 453 g/mol. The van der Waals surface area contributed by atoms with Crippen LogP contribution in [0.25, 0.3) is 0 Å². The van der Waals surface area contributed by atoms with Crippen LogP contribution in [-0.4, -0.2) is 42.3 Å². The van der Waals surface area contributed by atoms with Crippen molar-refractivity contribution in [3.05, 3.63) is 59.2 Å². The van der Waals surface area contributed by atoms with E-state index in [0.29, 0.717) is 0 Å². The Morgan fingerprint density at radius 2 is 1.59 bits per heavy atom. The summed E-state index contributed by atoms with van der Waals surface area (Å²) in [7, 11) is 1.05. The number of methoxy groups -OCH3 is 1. The van der Waals surface area contributed by atoms with Crippen molar-refractivity contribution >= 4 is 30.2 Å². The van der Waals surface area contributed by atoms with Gasteiger partial charge in [0.05, 0.1) is 18.2 Å². The lowest BCUT2D eigenvalue weighted by atomic mass is 10.1. The number of halogens is 2. The van der Waals surface area contributed by atoms with Gasteiger partial charge >= 0.3 is 18.0 Å². The van der Waals surface area contributed by atoms with Crippen molar-refractivity contribution in [2.24, 2.45) is 0 Å². The summed E-state index contributed by atoms with van der Waals surface area (Å²) in [5.74, 6) is -4.64. The van der Waals surface area contributed by atoms with Crippen LogP contribution in [0.2, 0.25) is 0 Å². The fourth-order valence-electron chi connectivity index (χ4n) is 2.21. The van der Waals surface area contributed by atoms with Crippen molar-refractivity contribution in [2.45, 2.75) is 26.4 Å². The molecule has 32 heavy (non-hydrogen) atoms. The van der Waals surface area contributed by atoms with E-state index < -0.39 is 57.8 Å². The molecule has 2 rings (SSSR count). The predicted molar refractivity (Wildman–Crippen MR) is 108 cm³/mol. The molecule has 0 bridgehead atoms. The van der Waals surface area contributed by atoms with Crippen molar-refractivity contribution in [3.63, 3.8) is 0 Å². The van der Waals surface area contributed by atoms with Gasteiger partial charge in [0, 0.05) is 0 Å². The third kappa shape index (κ3) is 7.35. The number of nitrogens with one attached hydrogen (secondary N) is 1. The summed E-state index contributed by atoms with van der Waals surface area (Å²) in [6.45, 7) is 4.52. The second-order valence-electron chi connectivity index (χ2n) is 6.89. The van der Waals surface area contributed by atoms with Crippen LogP contribution in [0.5, 0.6) is 5.75 Å². The molecule has 0 aromatic heterocycles. The lowest BCUT2D eigenvalue weighted by Crippen LogP contribution is -2.28. The Bertz CT molecular complexity index is 1000. The van der Waals surface area contributed by atoms with Crippen LogP contribution in [0.4, 0.5) is 19.3 Å². The van der Waals surface area contributed by atoms with Crippen LogP contribution in [-0.2, 0) is 14.3 Å². The van der Waals surface area contributed by atoms with Gasteiger partial charge in [-0.05, 0) is 45.0 Å². The third-order valence-corrected chi connectivity index (χ3v) is 3.43. The first-order chi connectivity index (χ1) is 14.9. The van der Waals surface area contributed by atoms with Gasteiger partial charge in [-0.15, -0.1) is 0 Å². The van der Waals surface area contributed by atoms with E-state index in [0.717, 1.165) is 25.3 Å². The molecular weight excluding hydrogens is 432 g/mol. The van der Waals surface area contributed by atoms with Crippen LogP contribution in [0.1, 0.15) is 41.5 Å². The van der Waals surface area contributed by atoms with Crippen molar-refractivity contribution in [2.75, 3.05) is 12.4 Å². The average Bonchev–Trinajstić information content (AvgIpc) is 2.69. The van der Waals surface area contributed by atoms with Crippen molar-refractivity contribution < 1.29 is 47.3 Å². The molecule has 0 aliphatic rings. The Labute approximate surface area is 181 Å². The zero-order valence-electron chi connectivity index (χ0n) is 17.6. The first-order valence-electron chi connectivity index (χ1n) is 8.90. The highest BCUT2D eigenvalue weighted by molar-refractivity contribution is 5.97. The Balaban J connectivity index is 0.00000161. The van der Waals surface area contributed by atoms with Gasteiger partial charge < -0.3 is 19.3 Å². The predicted octanol–water partition coefficient (Wildman–Crippen LogP) is 4.02. The number of amides is 1. The molecule has 2 N–H and O–H groups in total. The van der Waals surface area contributed by atoms with E-state index in [-0.39, 0.29) is 6.47 Å². The van der Waals surface area contributed by atoms with Gasteiger partial charge in [-0.25, -0.2) is 23.2 Å². The fourth-order valence-corrected chi connectivity index (χ4v) is 2.21. The number of carbonyl (C=O) groups excluding carboxylic acids is 3. The van der Waals surface area contributed by atoms with Gasteiger partial charge in [-0.3, -0.25) is 10.1 Å². The highest BCUT2D eigenvalue weighted by Crippen LogP contribution is 2.32. The van der Waals surface area contributed by atoms with Crippen LogP contribution in [0, 0.1) is 11.6 Å². The van der Waals surface area contributed by atoms with Gasteiger partial charge in [0.1, 0.15) is 17.1 Å². The number of rotatable bonds is 4. The van der Waals surface area contributed by atoms with Crippen LogP contribution in [0.15, 0.2) is 36.4 Å². The minimum atomic E-state index is -1.21. The van der Waals surface area contributed by atoms with E-state index in [4.69, 9.17) is 19.4 Å². The fraction of sp³-hybridized carbons (Fsp3) is 0.238. The van der Waals surface area contributed by atoms with Gasteiger partial charge in [0.2, 0.25) is 0 Å². The highest BCUT2D eigenvalue weighted by atomic mass is 19.1.